The minimum absolute atomic E-state index is 0.256. The van der Waals surface area contributed by atoms with Crippen LogP contribution in [-0.4, -0.2) is 72.2 Å². The van der Waals surface area contributed by atoms with E-state index in [-0.39, 0.29) is 5.75 Å². The van der Waals surface area contributed by atoms with E-state index in [4.69, 9.17) is 24.2 Å². The number of rotatable bonds is 6. The van der Waals surface area contributed by atoms with Crippen molar-refractivity contribution in [2.24, 2.45) is 0 Å². The monoisotopic (exact) mass is 382 g/mol. The summed E-state index contributed by atoms with van der Waals surface area (Å²) in [6.45, 7) is -0.751. The number of nitrogens with zero attached hydrogens (tertiary/aromatic N) is 1. The van der Waals surface area contributed by atoms with Gasteiger partial charge in [0.2, 0.25) is 6.29 Å². The van der Waals surface area contributed by atoms with Crippen LogP contribution in [0.1, 0.15) is 0 Å². The van der Waals surface area contributed by atoms with E-state index in [0.717, 1.165) is 6.07 Å². The Kier molecular flexibility index (Phi) is 6.21. The fourth-order valence-corrected chi connectivity index (χ4v) is 2.50. The van der Waals surface area contributed by atoms with E-state index >= 15 is 0 Å². The van der Waals surface area contributed by atoms with E-state index in [0.29, 0.717) is 0 Å². The van der Waals surface area contributed by atoms with E-state index in [2.05, 4.69) is 4.52 Å². The first-order valence-electron chi connectivity index (χ1n) is 6.91. The highest BCUT2D eigenvalue weighted by atomic mass is 31.2. The number of hydrogen-bond acceptors (Lipinski definition) is 11. The highest BCUT2D eigenvalue weighted by Crippen LogP contribution is 2.46. The highest BCUT2D eigenvalue weighted by Gasteiger charge is 2.47. The molecule has 0 aromatic heterocycles. The van der Waals surface area contributed by atoms with Crippen molar-refractivity contribution in [3.8, 4) is 5.75 Å². The second-order valence-corrected chi connectivity index (χ2v) is 6.45. The molecule has 1 heterocycles. The first-order valence-corrected chi connectivity index (χ1v) is 8.48. The van der Waals surface area contributed by atoms with Crippen molar-refractivity contribution in [1.82, 2.24) is 0 Å². The van der Waals surface area contributed by atoms with Gasteiger partial charge >= 0.3 is 13.9 Å². The minimum atomic E-state index is -4.62. The molecule has 5 atom stereocenters. The number of ether oxygens (including phenoxy) is 2. The Balaban J connectivity index is 2.15. The van der Waals surface area contributed by atoms with Crippen LogP contribution in [0.25, 0.3) is 0 Å². The third-order valence-corrected chi connectivity index (χ3v) is 3.88. The lowest BCUT2D eigenvalue weighted by molar-refractivity contribution is -0.387. The normalized spacial score (nSPS) is 30.1. The number of nitro benzene ring substituents is 1. The molecule has 1 saturated heterocycles. The number of aliphatic hydroxyl groups is 3. The molecule has 1 fully saturated rings. The second kappa shape index (κ2) is 7.83. The summed E-state index contributed by atoms with van der Waals surface area (Å²) in [5, 5.41) is 40.6. The highest BCUT2D eigenvalue weighted by molar-refractivity contribution is 7.53. The van der Waals surface area contributed by atoms with Crippen LogP contribution in [0.4, 0.5) is 5.69 Å². The zero-order valence-electron chi connectivity index (χ0n) is 12.5. The van der Waals surface area contributed by atoms with Crippen LogP contribution in [0.15, 0.2) is 24.3 Å². The van der Waals surface area contributed by atoms with Gasteiger partial charge in [0.25, 0.3) is 0 Å². The van der Waals surface area contributed by atoms with Crippen molar-refractivity contribution in [3.05, 3.63) is 34.4 Å². The molecular weight excluding hydrogens is 365 g/mol. The molecule has 5 unspecified atom stereocenters. The Morgan fingerprint density at radius 2 is 1.76 bits per heavy atom. The Morgan fingerprint density at radius 1 is 1.12 bits per heavy atom. The van der Waals surface area contributed by atoms with Gasteiger partial charge in [-0.2, -0.15) is 19.2 Å². The van der Waals surface area contributed by atoms with Crippen LogP contribution >= 0.6 is 8.17 Å². The number of para-hydroxylation sites is 2. The first kappa shape index (κ1) is 19.8. The van der Waals surface area contributed by atoms with Crippen LogP contribution in [-0.2, 0) is 9.26 Å². The Hall–Kier alpha value is -1.47. The molecule has 1 aliphatic rings. The molecule has 140 valence electrons. The fourth-order valence-electron chi connectivity index (χ4n) is 2.16. The zero-order valence-corrected chi connectivity index (χ0v) is 13.4. The van der Waals surface area contributed by atoms with Crippen molar-refractivity contribution in [3.63, 3.8) is 0 Å². The van der Waals surface area contributed by atoms with E-state index < -0.39 is 56.1 Å². The number of hydrogen-bond donors (Lipinski definition) is 6. The summed E-state index contributed by atoms with van der Waals surface area (Å²) in [4.78, 5) is 36.6. The summed E-state index contributed by atoms with van der Waals surface area (Å²) in [5.41, 5.74) is -0.419. The number of benzene rings is 1. The van der Waals surface area contributed by atoms with Gasteiger partial charge < -0.3 is 24.8 Å². The minimum Gasteiger partial charge on any atom is -0.455 e. The SMILES string of the molecule is O=[N+]([O-])c1ccccc1OC1OC(CO[P+](O)(O)O)C(O)C(O)C1O. The molecule has 0 spiro atoms. The molecule has 1 aromatic rings. The Labute approximate surface area is 141 Å². The quantitative estimate of drug-likeness (QED) is 0.190. The third kappa shape index (κ3) is 5.01. The molecular formula is C12H17NO11P+. The molecule has 25 heavy (non-hydrogen) atoms. The fraction of sp³-hybridized carbons (Fsp3) is 0.500. The maximum Gasteiger partial charge on any atom is 0.567 e. The van der Waals surface area contributed by atoms with Crippen LogP contribution in [0.5, 0.6) is 5.75 Å². The van der Waals surface area contributed by atoms with Crippen molar-refractivity contribution >= 4 is 13.9 Å². The topological polar surface area (TPSA) is 192 Å². The Bertz CT molecular complexity index is 609. The summed E-state index contributed by atoms with van der Waals surface area (Å²) in [7, 11) is -4.62. The molecule has 0 bridgehead atoms. The van der Waals surface area contributed by atoms with Gasteiger partial charge in [0.15, 0.2) is 5.75 Å². The summed E-state index contributed by atoms with van der Waals surface area (Å²) in [6.07, 6.45) is -8.29. The van der Waals surface area contributed by atoms with Gasteiger partial charge in [-0.1, -0.05) is 12.1 Å². The van der Waals surface area contributed by atoms with E-state index in [1.165, 1.54) is 18.2 Å². The van der Waals surface area contributed by atoms with Gasteiger partial charge in [-0.15, -0.1) is 0 Å². The van der Waals surface area contributed by atoms with Gasteiger partial charge in [-0.3, -0.25) is 10.1 Å². The van der Waals surface area contributed by atoms with Gasteiger partial charge in [-0.05, 0) is 6.07 Å². The van der Waals surface area contributed by atoms with Gasteiger partial charge in [-0.25, -0.2) is 0 Å². The zero-order chi connectivity index (χ0) is 18.8. The second-order valence-electron chi connectivity index (χ2n) is 5.17. The molecule has 0 saturated carbocycles. The van der Waals surface area contributed by atoms with Gasteiger partial charge in [0.05, 0.1) is 4.92 Å². The molecule has 12 nitrogen and oxygen atoms in total. The van der Waals surface area contributed by atoms with Crippen molar-refractivity contribution in [1.29, 1.82) is 0 Å². The van der Waals surface area contributed by atoms with Gasteiger partial charge in [0.1, 0.15) is 31.0 Å². The van der Waals surface area contributed by atoms with Crippen LogP contribution in [0.2, 0.25) is 0 Å². The van der Waals surface area contributed by atoms with E-state index in [1.54, 1.807) is 0 Å². The van der Waals surface area contributed by atoms with Gasteiger partial charge in [0, 0.05) is 6.07 Å². The summed E-state index contributed by atoms with van der Waals surface area (Å²) in [5.74, 6) is -0.256. The predicted octanol–water partition coefficient (Wildman–Crippen LogP) is -1.55. The predicted molar refractivity (Wildman–Crippen MR) is 79.9 cm³/mol. The maximum atomic E-state index is 11.0. The lowest BCUT2D eigenvalue weighted by atomic mass is 9.99. The molecule has 13 heteroatoms. The van der Waals surface area contributed by atoms with Crippen molar-refractivity contribution in [2.45, 2.75) is 30.7 Å². The van der Waals surface area contributed by atoms with E-state index in [1.807, 2.05) is 0 Å². The number of nitro groups is 1. The molecule has 1 aromatic carbocycles. The largest absolute Gasteiger partial charge is 0.567 e. The number of aliphatic hydroxyl groups excluding tert-OH is 3. The average molecular weight is 382 g/mol. The van der Waals surface area contributed by atoms with Crippen LogP contribution in [0, 0.1) is 10.1 Å². The average Bonchev–Trinajstić information content (AvgIpc) is 2.53. The molecule has 0 amide bonds. The molecule has 6 N–H and O–H groups in total. The smallest absolute Gasteiger partial charge is 0.455 e. The van der Waals surface area contributed by atoms with Crippen LogP contribution in [0.3, 0.4) is 0 Å². The lowest BCUT2D eigenvalue weighted by Crippen LogP contribution is -2.60. The third-order valence-electron chi connectivity index (χ3n) is 3.39. The maximum absolute atomic E-state index is 11.0. The molecule has 0 aliphatic carbocycles. The summed E-state index contributed by atoms with van der Waals surface area (Å²) in [6, 6.07) is 5.22. The molecule has 2 rings (SSSR count). The summed E-state index contributed by atoms with van der Waals surface area (Å²) >= 11 is 0. The van der Waals surface area contributed by atoms with Crippen molar-refractivity contribution < 1.29 is 48.9 Å². The van der Waals surface area contributed by atoms with E-state index in [9.17, 15) is 25.4 Å². The standard InChI is InChI=1S/C12H17NO11P/c14-9-8(5-22-25(19,20)21)24-12(11(16)10(9)15)23-7-4-2-1-3-6(7)13(17)18/h1-4,8-12,14-16,19-21H,5H2/q+1. The summed E-state index contributed by atoms with van der Waals surface area (Å²) < 4.78 is 14.7. The first-order chi connectivity index (χ1) is 11.6. The molecule has 0 radical (unpaired) electrons. The van der Waals surface area contributed by atoms with Crippen molar-refractivity contribution in [2.75, 3.05) is 6.61 Å². The molecule has 1 aliphatic heterocycles. The lowest BCUT2D eigenvalue weighted by Gasteiger charge is -2.39. The Morgan fingerprint density at radius 3 is 2.36 bits per heavy atom. The van der Waals surface area contributed by atoms with Crippen LogP contribution < -0.4 is 4.74 Å².